The summed E-state index contributed by atoms with van der Waals surface area (Å²) in [6.07, 6.45) is 1.84. The van der Waals surface area contributed by atoms with Crippen LogP contribution in [0.3, 0.4) is 0 Å². The number of aromatic hydroxyl groups is 1. The molecule has 0 saturated carbocycles. The average Bonchev–Trinajstić information content (AvgIpc) is 3.98. The molecule has 3 heterocycles. The van der Waals surface area contributed by atoms with Gasteiger partial charge < -0.3 is 9.52 Å². The molecule has 0 atom stereocenters. The predicted molar refractivity (Wildman–Crippen MR) is 300 cm³/mol. The number of pyridine rings is 1. The molecule has 0 aliphatic rings. The summed E-state index contributed by atoms with van der Waals surface area (Å²) in [5.41, 5.74) is 16.2. The maximum atomic E-state index is 12.7. The zero-order chi connectivity index (χ0) is 51.0. The Bertz CT molecular complexity index is 3970. The average molecular weight is 1150 g/mol. The Morgan fingerprint density at radius 2 is 1.22 bits per heavy atom. The van der Waals surface area contributed by atoms with Gasteiger partial charge in [0.25, 0.3) is 0 Å². The van der Waals surface area contributed by atoms with Crippen molar-refractivity contribution in [2.75, 3.05) is 0 Å². The van der Waals surface area contributed by atoms with Gasteiger partial charge in [0.2, 0.25) is 0 Å². The Balaban J connectivity index is 0.00000626. The Hall–Kier alpha value is -7.84. The Labute approximate surface area is 448 Å². The summed E-state index contributed by atoms with van der Waals surface area (Å²) in [4.78, 5) is 10.7. The first-order valence-electron chi connectivity index (χ1n) is 25.0. The van der Waals surface area contributed by atoms with Crippen molar-refractivity contribution in [1.29, 1.82) is 5.26 Å². The van der Waals surface area contributed by atoms with E-state index in [0.29, 0.717) is 39.4 Å². The van der Waals surface area contributed by atoms with E-state index in [-0.39, 0.29) is 43.1 Å². The van der Waals surface area contributed by atoms with E-state index in [1.54, 1.807) is 0 Å². The number of hydrogen-bond donors (Lipinski definition) is 1. The van der Waals surface area contributed by atoms with Gasteiger partial charge >= 0.3 is 0 Å². The van der Waals surface area contributed by atoms with Gasteiger partial charge in [-0.1, -0.05) is 201 Å². The largest absolute Gasteiger partial charge is 0.507 e. The van der Waals surface area contributed by atoms with Crippen molar-refractivity contribution >= 4 is 33.0 Å². The number of phenols is 1. The molecule has 3 aromatic heterocycles. The number of rotatable bonds is 7. The fourth-order valence-corrected chi connectivity index (χ4v) is 10.2. The Morgan fingerprint density at radius 3 is 1.86 bits per heavy atom. The van der Waals surface area contributed by atoms with Crippen molar-refractivity contribution in [3.63, 3.8) is 0 Å². The van der Waals surface area contributed by atoms with Gasteiger partial charge in [-0.25, -0.2) is 4.98 Å². The van der Waals surface area contributed by atoms with Crippen LogP contribution in [0.5, 0.6) is 5.75 Å². The molecule has 74 heavy (non-hydrogen) atoms. The summed E-state index contributed by atoms with van der Waals surface area (Å²) in [6, 6.07) is 64.6. The second-order valence-corrected chi connectivity index (χ2v) is 22.3. The molecular weight excluding hydrogens is 1090 g/mol. The van der Waals surface area contributed by atoms with Crippen molar-refractivity contribution in [2.45, 2.75) is 78.6 Å². The van der Waals surface area contributed by atoms with Crippen LogP contribution in [0.4, 0.5) is 0 Å². The molecule has 368 valence electrons. The SMILES string of the molecule is CC(C)(C)c1ccc(-n2c(-c3cc(C(C)(C)C)cc(C(C)(C)C)c3O)nc3c(-c4[c-]c(-c5cc(-c6ccccc6)ccn5)c5oc6c(-c7ccccc7)c(C#N)ccc6c5c4)cccc32)c(-c2ccccc2)c1.[Pt]. The molecule has 0 aliphatic carbocycles. The van der Waals surface area contributed by atoms with E-state index in [1.807, 2.05) is 79.0 Å². The van der Waals surface area contributed by atoms with E-state index in [1.165, 1.54) is 5.56 Å². The van der Waals surface area contributed by atoms with E-state index < -0.39 is 0 Å². The molecule has 7 heteroatoms. The van der Waals surface area contributed by atoms with Crippen LogP contribution >= 0.6 is 0 Å². The third-order valence-electron chi connectivity index (χ3n) is 14.2. The van der Waals surface area contributed by atoms with Gasteiger partial charge in [0, 0.05) is 55.0 Å². The van der Waals surface area contributed by atoms with Crippen LogP contribution in [0.15, 0.2) is 180 Å². The minimum Gasteiger partial charge on any atom is -0.507 e. The maximum absolute atomic E-state index is 12.7. The van der Waals surface area contributed by atoms with Gasteiger partial charge in [-0.3, -0.25) is 9.55 Å². The van der Waals surface area contributed by atoms with E-state index >= 15 is 0 Å². The number of phenolic OH excluding ortho intramolecular Hbond substituents is 1. The van der Waals surface area contributed by atoms with Crippen molar-refractivity contribution in [3.05, 3.63) is 204 Å². The molecule has 0 radical (unpaired) electrons. The molecule has 0 saturated heterocycles. The van der Waals surface area contributed by atoms with Crippen molar-refractivity contribution < 1.29 is 30.6 Å². The van der Waals surface area contributed by atoms with E-state index in [4.69, 9.17) is 14.4 Å². The van der Waals surface area contributed by atoms with E-state index in [9.17, 15) is 10.4 Å². The summed E-state index contributed by atoms with van der Waals surface area (Å²) in [6.45, 7) is 19.8. The number of hydrogen-bond acceptors (Lipinski definition) is 5. The molecule has 0 unspecified atom stereocenters. The molecule has 0 aliphatic heterocycles. The van der Waals surface area contributed by atoms with Gasteiger partial charge in [-0.05, 0) is 91.4 Å². The van der Waals surface area contributed by atoms with Crippen LogP contribution in [0, 0.1) is 17.4 Å². The number of furan rings is 1. The van der Waals surface area contributed by atoms with Crippen LogP contribution < -0.4 is 0 Å². The topological polar surface area (TPSA) is 87.9 Å². The molecular formula is C67H57N4O2Pt-. The summed E-state index contributed by atoms with van der Waals surface area (Å²) >= 11 is 0. The number of imidazole rings is 1. The molecule has 6 nitrogen and oxygen atoms in total. The van der Waals surface area contributed by atoms with Crippen molar-refractivity contribution in [1.82, 2.24) is 14.5 Å². The minimum atomic E-state index is -0.375. The van der Waals surface area contributed by atoms with Gasteiger partial charge in [0.15, 0.2) is 0 Å². The summed E-state index contributed by atoms with van der Waals surface area (Å²) < 4.78 is 9.28. The third kappa shape index (κ3) is 8.84. The quantitative estimate of drug-likeness (QED) is 0.161. The van der Waals surface area contributed by atoms with Crippen LogP contribution in [-0.4, -0.2) is 19.6 Å². The number of nitriles is 1. The Kier molecular flexibility index (Phi) is 12.7. The van der Waals surface area contributed by atoms with Gasteiger partial charge in [-0.2, -0.15) is 5.26 Å². The van der Waals surface area contributed by atoms with Gasteiger partial charge in [0.05, 0.1) is 39.5 Å². The fourth-order valence-electron chi connectivity index (χ4n) is 10.2. The Morgan fingerprint density at radius 1 is 0.568 bits per heavy atom. The normalized spacial score (nSPS) is 12.1. The number of benzene rings is 8. The van der Waals surface area contributed by atoms with Gasteiger partial charge in [0.1, 0.15) is 17.2 Å². The molecule has 8 aromatic carbocycles. The number of aromatic nitrogens is 3. The summed E-state index contributed by atoms with van der Waals surface area (Å²) in [5.74, 6) is 0.836. The zero-order valence-electron chi connectivity index (χ0n) is 43.2. The first-order valence-corrected chi connectivity index (χ1v) is 25.0. The van der Waals surface area contributed by atoms with Crippen LogP contribution in [0.25, 0.3) is 106 Å². The molecule has 0 bridgehead atoms. The van der Waals surface area contributed by atoms with Crippen LogP contribution in [0.1, 0.15) is 84.6 Å². The minimum absolute atomic E-state index is 0. The fraction of sp³-hybridized carbons (Fsp3) is 0.179. The summed E-state index contributed by atoms with van der Waals surface area (Å²) in [7, 11) is 0. The number of fused-ring (bicyclic) bond motifs is 4. The van der Waals surface area contributed by atoms with E-state index in [2.05, 4.69) is 176 Å². The molecule has 11 aromatic rings. The zero-order valence-corrected chi connectivity index (χ0v) is 45.5. The smallest absolute Gasteiger partial charge is 0.148 e. The number of nitrogens with zero attached hydrogens (tertiary/aromatic N) is 4. The molecule has 0 amide bonds. The second-order valence-electron chi connectivity index (χ2n) is 22.3. The van der Waals surface area contributed by atoms with E-state index in [0.717, 1.165) is 83.1 Å². The molecule has 11 rings (SSSR count). The number of para-hydroxylation sites is 1. The van der Waals surface area contributed by atoms with Crippen molar-refractivity contribution in [2.24, 2.45) is 0 Å². The molecule has 1 N–H and O–H groups in total. The predicted octanol–water partition coefficient (Wildman–Crippen LogP) is 17.6. The van der Waals surface area contributed by atoms with Crippen LogP contribution in [0.2, 0.25) is 0 Å². The monoisotopic (exact) mass is 1140 g/mol. The maximum Gasteiger partial charge on any atom is 0.148 e. The van der Waals surface area contributed by atoms with Crippen LogP contribution in [-0.2, 0) is 37.3 Å². The summed E-state index contributed by atoms with van der Waals surface area (Å²) in [5, 5.41) is 24.9. The van der Waals surface area contributed by atoms with Gasteiger partial charge in [-0.15, -0.1) is 17.7 Å². The first-order chi connectivity index (χ1) is 35.0. The third-order valence-corrected chi connectivity index (χ3v) is 14.2. The second kappa shape index (κ2) is 18.9. The first kappa shape index (κ1) is 49.7. The molecule has 0 spiro atoms. The standard InChI is InChI=1S/C67H57N4O2.Pt/c1-65(2,3)47-29-31-57(51(37-47)42-22-15-11-16-23-42)71-58-27-19-26-49(60(58)70-64(71)54-38-48(66(4,5)6)39-55(61(54)72)67(7,8)9)46-34-52-50-30-28-45(40-68)59(43-24-17-12-18-25-43)63(50)73-62(52)53(35-46)56-36-44(32-33-69-56)41-20-13-10-14-21-41;/h10-34,36-39,72H,1-9H3;/q-1;. The molecule has 0 fully saturated rings. The van der Waals surface area contributed by atoms with Crippen molar-refractivity contribution in [3.8, 4) is 84.7 Å².